The number of hydrogen-bond acceptors (Lipinski definition) is 4. The molecular formula is C20H17FN2O3. The van der Waals surface area contributed by atoms with Crippen molar-refractivity contribution in [1.29, 1.82) is 0 Å². The van der Waals surface area contributed by atoms with Crippen LogP contribution in [-0.4, -0.2) is 37.3 Å². The van der Waals surface area contributed by atoms with Gasteiger partial charge in [0.15, 0.2) is 11.5 Å². The number of amides is 1. The van der Waals surface area contributed by atoms with Gasteiger partial charge in [0.05, 0.1) is 31.5 Å². The third kappa shape index (κ3) is 2.63. The molecule has 0 aliphatic carbocycles. The van der Waals surface area contributed by atoms with E-state index >= 15 is 0 Å². The summed E-state index contributed by atoms with van der Waals surface area (Å²) in [6.07, 6.45) is 4.11. The van der Waals surface area contributed by atoms with Gasteiger partial charge in [0.25, 0.3) is 5.91 Å². The molecule has 2 aromatic rings. The van der Waals surface area contributed by atoms with Crippen molar-refractivity contribution in [1.82, 2.24) is 4.90 Å². The monoisotopic (exact) mass is 352 g/mol. The first-order chi connectivity index (χ1) is 12.6. The Morgan fingerprint density at radius 1 is 1.15 bits per heavy atom. The van der Waals surface area contributed by atoms with Crippen LogP contribution in [0.4, 0.5) is 10.1 Å². The Bertz CT molecular complexity index is 952. The molecule has 1 atom stereocenters. The summed E-state index contributed by atoms with van der Waals surface area (Å²) in [5.74, 6) is 0.526. The molecule has 0 bridgehead atoms. The average Bonchev–Trinajstić information content (AvgIpc) is 3.04. The summed E-state index contributed by atoms with van der Waals surface area (Å²) >= 11 is 0. The Kier molecular flexibility index (Phi) is 3.95. The number of rotatable bonds is 3. The molecule has 26 heavy (non-hydrogen) atoms. The second-order valence-electron chi connectivity index (χ2n) is 6.15. The third-order valence-corrected chi connectivity index (χ3v) is 4.63. The predicted octanol–water partition coefficient (Wildman–Crippen LogP) is 3.81. The molecule has 0 saturated heterocycles. The molecular weight excluding hydrogens is 335 g/mol. The van der Waals surface area contributed by atoms with E-state index in [2.05, 4.69) is 4.99 Å². The third-order valence-electron chi connectivity index (χ3n) is 4.63. The van der Waals surface area contributed by atoms with Gasteiger partial charge in [0, 0.05) is 24.9 Å². The van der Waals surface area contributed by atoms with Crippen LogP contribution < -0.4 is 9.47 Å². The molecule has 4 rings (SSSR count). The number of carbonyl (C=O) groups excluding carboxylic acids is 1. The fourth-order valence-corrected chi connectivity index (χ4v) is 3.31. The van der Waals surface area contributed by atoms with Crippen molar-refractivity contribution in [3.05, 3.63) is 59.5 Å². The van der Waals surface area contributed by atoms with Crippen LogP contribution in [-0.2, 0) is 0 Å². The van der Waals surface area contributed by atoms with Gasteiger partial charge in [-0.05, 0) is 29.3 Å². The average molecular weight is 352 g/mol. The Hall–Kier alpha value is -3.15. The first kappa shape index (κ1) is 16.3. The minimum atomic E-state index is -0.298. The largest absolute Gasteiger partial charge is 0.493 e. The first-order valence-corrected chi connectivity index (χ1v) is 8.20. The minimum absolute atomic E-state index is 0.171. The predicted molar refractivity (Wildman–Crippen MR) is 96.6 cm³/mol. The Morgan fingerprint density at radius 3 is 2.65 bits per heavy atom. The van der Waals surface area contributed by atoms with Crippen LogP contribution in [0.25, 0.3) is 5.57 Å². The van der Waals surface area contributed by atoms with Crippen molar-refractivity contribution in [3.8, 4) is 11.5 Å². The van der Waals surface area contributed by atoms with Crippen LogP contribution in [0.1, 0.15) is 22.3 Å². The van der Waals surface area contributed by atoms with Gasteiger partial charge < -0.3 is 14.4 Å². The van der Waals surface area contributed by atoms with E-state index in [0.29, 0.717) is 29.2 Å². The molecule has 6 heteroatoms. The Labute approximate surface area is 150 Å². The molecule has 0 fully saturated rings. The van der Waals surface area contributed by atoms with Crippen LogP contribution in [0.2, 0.25) is 0 Å². The fraction of sp³-hybridized carbons (Fsp3) is 0.200. The molecule has 2 aliphatic heterocycles. The van der Waals surface area contributed by atoms with E-state index in [-0.39, 0.29) is 17.8 Å². The van der Waals surface area contributed by atoms with E-state index in [1.807, 2.05) is 6.07 Å². The van der Waals surface area contributed by atoms with E-state index in [4.69, 9.17) is 9.47 Å². The molecule has 5 nitrogen and oxygen atoms in total. The van der Waals surface area contributed by atoms with Crippen molar-refractivity contribution >= 4 is 23.4 Å². The number of methoxy groups -OCH3 is 2. The summed E-state index contributed by atoms with van der Waals surface area (Å²) in [6, 6.07) is 9.51. The van der Waals surface area contributed by atoms with Gasteiger partial charge in [-0.1, -0.05) is 12.1 Å². The highest BCUT2D eigenvalue weighted by molar-refractivity contribution is 6.05. The van der Waals surface area contributed by atoms with E-state index < -0.39 is 0 Å². The zero-order valence-corrected chi connectivity index (χ0v) is 14.4. The SMILES string of the molecule is COc1cc2c(cc1OC)C(=O)N1C=C(c3cccc(F)c3)C[C@H]1C=N2. The molecule has 0 unspecified atom stereocenters. The van der Waals surface area contributed by atoms with E-state index in [0.717, 1.165) is 11.1 Å². The summed E-state index contributed by atoms with van der Waals surface area (Å²) in [4.78, 5) is 19.2. The molecule has 0 spiro atoms. The van der Waals surface area contributed by atoms with Crippen molar-refractivity contribution in [2.45, 2.75) is 12.5 Å². The maximum Gasteiger partial charge on any atom is 0.260 e. The lowest BCUT2D eigenvalue weighted by molar-refractivity contribution is 0.0817. The molecule has 0 radical (unpaired) electrons. The van der Waals surface area contributed by atoms with Crippen LogP contribution in [0.3, 0.4) is 0 Å². The molecule has 0 N–H and O–H groups in total. The molecule has 2 aromatic carbocycles. The van der Waals surface area contributed by atoms with Crippen molar-refractivity contribution in [2.75, 3.05) is 14.2 Å². The first-order valence-electron chi connectivity index (χ1n) is 8.20. The quantitative estimate of drug-likeness (QED) is 0.844. The summed E-state index contributed by atoms with van der Waals surface area (Å²) in [5, 5.41) is 0. The van der Waals surface area contributed by atoms with Gasteiger partial charge in [-0.15, -0.1) is 0 Å². The second kappa shape index (κ2) is 6.29. The zero-order valence-electron chi connectivity index (χ0n) is 14.4. The van der Waals surface area contributed by atoms with Crippen molar-refractivity contribution < 1.29 is 18.7 Å². The smallest absolute Gasteiger partial charge is 0.260 e. The lowest BCUT2D eigenvalue weighted by Crippen LogP contribution is -2.32. The number of aliphatic imine (C=N–C) groups is 1. The number of nitrogens with zero attached hydrogens (tertiary/aromatic N) is 2. The molecule has 2 heterocycles. The van der Waals surface area contributed by atoms with Crippen LogP contribution in [0.5, 0.6) is 11.5 Å². The number of ether oxygens (including phenoxy) is 2. The van der Waals surface area contributed by atoms with Gasteiger partial charge in [0.1, 0.15) is 5.82 Å². The lowest BCUT2D eigenvalue weighted by atomic mass is 10.0. The number of carbonyl (C=O) groups is 1. The Balaban J connectivity index is 1.74. The maximum absolute atomic E-state index is 13.5. The molecule has 0 aromatic heterocycles. The van der Waals surface area contributed by atoms with Crippen LogP contribution in [0, 0.1) is 5.82 Å². The molecule has 132 valence electrons. The number of benzene rings is 2. The summed E-state index contributed by atoms with van der Waals surface area (Å²) in [6.45, 7) is 0. The van der Waals surface area contributed by atoms with Crippen molar-refractivity contribution in [2.24, 2.45) is 4.99 Å². The normalized spacial score (nSPS) is 18.1. The highest BCUT2D eigenvalue weighted by Gasteiger charge is 2.33. The number of hydrogen-bond donors (Lipinski definition) is 0. The maximum atomic E-state index is 13.5. The fourth-order valence-electron chi connectivity index (χ4n) is 3.31. The van der Waals surface area contributed by atoms with Gasteiger partial charge in [-0.3, -0.25) is 9.79 Å². The van der Waals surface area contributed by atoms with Crippen LogP contribution >= 0.6 is 0 Å². The minimum Gasteiger partial charge on any atom is -0.493 e. The standard InChI is InChI=1S/C20H17FN2O3/c1-25-18-8-16-17(9-19(18)26-2)22-10-15-7-13(11-23(15)20(16)24)12-4-3-5-14(21)6-12/h3-6,8-11,15H,7H2,1-2H3/t15-/m0/s1. The highest BCUT2D eigenvalue weighted by atomic mass is 19.1. The van der Waals surface area contributed by atoms with E-state index in [1.54, 1.807) is 42.6 Å². The molecule has 0 saturated carbocycles. The topological polar surface area (TPSA) is 51.1 Å². The van der Waals surface area contributed by atoms with E-state index in [9.17, 15) is 9.18 Å². The Morgan fingerprint density at radius 2 is 1.92 bits per heavy atom. The summed E-state index contributed by atoms with van der Waals surface area (Å²) < 4.78 is 24.1. The number of fused-ring (bicyclic) bond motifs is 2. The summed E-state index contributed by atoms with van der Waals surface area (Å²) in [7, 11) is 3.06. The number of halogens is 1. The zero-order chi connectivity index (χ0) is 18.3. The highest BCUT2D eigenvalue weighted by Crippen LogP contribution is 2.39. The van der Waals surface area contributed by atoms with Gasteiger partial charge in [-0.25, -0.2) is 4.39 Å². The van der Waals surface area contributed by atoms with Gasteiger partial charge in [0.2, 0.25) is 0 Å². The van der Waals surface area contributed by atoms with Crippen LogP contribution in [0.15, 0.2) is 47.6 Å². The van der Waals surface area contributed by atoms with Gasteiger partial charge in [-0.2, -0.15) is 0 Å². The van der Waals surface area contributed by atoms with Gasteiger partial charge >= 0.3 is 0 Å². The lowest BCUT2D eigenvalue weighted by Gasteiger charge is -2.18. The molecule has 1 amide bonds. The second-order valence-corrected chi connectivity index (χ2v) is 6.15. The molecule has 2 aliphatic rings. The van der Waals surface area contributed by atoms with Crippen molar-refractivity contribution in [3.63, 3.8) is 0 Å². The van der Waals surface area contributed by atoms with E-state index in [1.165, 1.54) is 19.2 Å². The summed E-state index contributed by atoms with van der Waals surface area (Å²) in [5.41, 5.74) is 2.66.